The first-order valence-corrected chi connectivity index (χ1v) is 5.02. The summed E-state index contributed by atoms with van der Waals surface area (Å²) in [6, 6.07) is 6.11. The minimum absolute atomic E-state index is 0.293. The first-order valence-electron chi connectivity index (χ1n) is 5.02. The molecule has 0 saturated carbocycles. The second-order valence-electron chi connectivity index (χ2n) is 3.60. The van der Waals surface area contributed by atoms with Crippen molar-refractivity contribution in [2.24, 2.45) is 7.05 Å². The first-order chi connectivity index (χ1) is 7.66. The third-order valence-electron chi connectivity index (χ3n) is 2.50. The molecule has 3 nitrogen and oxygen atoms in total. The maximum atomic E-state index is 12.9. The Bertz CT molecular complexity index is 494. The van der Waals surface area contributed by atoms with E-state index < -0.39 is 0 Å². The van der Waals surface area contributed by atoms with E-state index in [0.29, 0.717) is 12.4 Å². The van der Waals surface area contributed by atoms with Gasteiger partial charge in [0.1, 0.15) is 24.0 Å². The molecule has 0 fully saturated rings. The summed E-state index contributed by atoms with van der Waals surface area (Å²) in [6.07, 6.45) is 1.76. The smallest absolute Gasteiger partial charge is 0.130 e. The number of hydrogen-bond acceptors (Lipinski definition) is 2. The molecular formula is C12H13FN2O. The standard InChI is InChI=1S/C12H13FN2O/c1-9-14-7-11(15(9)2)8-16-12-5-3-4-10(13)6-12/h3-7H,8H2,1-2H3. The Morgan fingerprint density at radius 1 is 1.44 bits per heavy atom. The predicted octanol–water partition coefficient (Wildman–Crippen LogP) is 2.45. The van der Waals surface area contributed by atoms with Crippen molar-refractivity contribution in [1.29, 1.82) is 0 Å². The molecule has 0 saturated heterocycles. The SMILES string of the molecule is Cc1ncc(COc2cccc(F)c2)n1C. The van der Waals surface area contributed by atoms with E-state index in [1.54, 1.807) is 18.3 Å². The van der Waals surface area contributed by atoms with Crippen LogP contribution in [0.25, 0.3) is 0 Å². The Balaban J connectivity index is 2.05. The molecule has 4 heteroatoms. The van der Waals surface area contributed by atoms with Crippen molar-refractivity contribution in [3.63, 3.8) is 0 Å². The Morgan fingerprint density at radius 3 is 2.88 bits per heavy atom. The van der Waals surface area contributed by atoms with Gasteiger partial charge in [0, 0.05) is 13.1 Å². The van der Waals surface area contributed by atoms with Crippen LogP contribution in [0.15, 0.2) is 30.5 Å². The van der Waals surface area contributed by atoms with E-state index in [-0.39, 0.29) is 5.82 Å². The number of aryl methyl sites for hydroxylation is 1. The molecule has 0 radical (unpaired) electrons. The molecule has 1 heterocycles. The van der Waals surface area contributed by atoms with Crippen LogP contribution in [-0.4, -0.2) is 9.55 Å². The summed E-state index contributed by atoms with van der Waals surface area (Å²) in [4.78, 5) is 4.15. The summed E-state index contributed by atoms with van der Waals surface area (Å²) in [5.41, 5.74) is 0.960. The molecular weight excluding hydrogens is 207 g/mol. The van der Waals surface area contributed by atoms with Crippen LogP contribution >= 0.6 is 0 Å². The molecule has 1 aromatic heterocycles. The van der Waals surface area contributed by atoms with Gasteiger partial charge >= 0.3 is 0 Å². The van der Waals surface area contributed by atoms with Gasteiger partial charge in [-0.1, -0.05) is 6.07 Å². The highest BCUT2D eigenvalue weighted by Gasteiger charge is 2.03. The number of halogens is 1. The fourth-order valence-electron chi connectivity index (χ4n) is 1.40. The van der Waals surface area contributed by atoms with Gasteiger partial charge in [-0.25, -0.2) is 9.37 Å². The van der Waals surface area contributed by atoms with Crippen molar-refractivity contribution >= 4 is 0 Å². The number of imidazole rings is 1. The number of rotatable bonds is 3. The van der Waals surface area contributed by atoms with Crippen molar-refractivity contribution in [3.05, 3.63) is 47.8 Å². The average molecular weight is 220 g/mol. The zero-order valence-corrected chi connectivity index (χ0v) is 9.27. The summed E-state index contributed by atoms with van der Waals surface area (Å²) < 4.78 is 20.3. The van der Waals surface area contributed by atoms with Gasteiger partial charge in [0.25, 0.3) is 0 Å². The molecule has 84 valence electrons. The second kappa shape index (κ2) is 4.35. The summed E-state index contributed by atoms with van der Waals surface area (Å²) in [5.74, 6) is 1.16. The molecule has 0 amide bonds. The van der Waals surface area contributed by atoms with E-state index in [9.17, 15) is 4.39 Å². The number of benzene rings is 1. The van der Waals surface area contributed by atoms with E-state index >= 15 is 0 Å². The van der Waals surface area contributed by atoms with Gasteiger partial charge in [-0.05, 0) is 19.1 Å². The molecule has 16 heavy (non-hydrogen) atoms. The van der Waals surface area contributed by atoms with Crippen LogP contribution in [0.5, 0.6) is 5.75 Å². The normalized spacial score (nSPS) is 10.4. The molecule has 0 spiro atoms. The zero-order valence-electron chi connectivity index (χ0n) is 9.27. The van der Waals surface area contributed by atoms with E-state index in [0.717, 1.165) is 11.5 Å². The fraction of sp³-hybridized carbons (Fsp3) is 0.250. The topological polar surface area (TPSA) is 27.1 Å². The Labute approximate surface area is 93.5 Å². The number of aromatic nitrogens is 2. The maximum absolute atomic E-state index is 12.9. The average Bonchev–Trinajstić information content (AvgIpc) is 2.57. The van der Waals surface area contributed by atoms with Gasteiger partial charge < -0.3 is 9.30 Å². The van der Waals surface area contributed by atoms with Crippen LogP contribution in [0.4, 0.5) is 4.39 Å². The lowest BCUT2D eigenvalue weighted by molar-refractivity contribution is 0.295. The molecule has 1 aromatic carbocycles. The third kappa shape index (κ3) is 2.21. The van der Waals surface area contributed by atoms with Gasteiger partial charge in [-0.2, -0.15) is 0 Å². The minimum Gasteiger partial charge on any atom is -0.487 e. The second-order valence-corrected chi connectivity index (χ2v) is 3.60. The Morgan fingerprint density at radius 2 is 2.25 bits per heavy atom. The minimum atomic E-state index is -0.293. The Kier molecular flexibility index (Phi) is 2.90. The van der Waals surface area contributed by atoms with Gasteiger partial charge in [-0.15, -0.1) is 0 Å². The van der Waals surface area contributed by atoms with Gasteiger partial charge in [-0.3, -0.25) is 0 Å². The van der Waals surface area contributed by atoms with Crippen LogP contribution in [0, 0.1) is 12.7 Å². The van der Waals surface area contributed by atoms with Crippen molar-refractivity contribution in [3.8, 4) is 5.75 Å². The molecule has 0 unspecified atom stereocenters. The fourth-order valence-corrected chi connectivity index (χ4v) is 1.40. The molecule has 0 bridgehead atoms. The number of nitrogens with zero attached hydrogens (tertiary/aromatic N) is 2. The van der Waals surface area contributed by atoms with E-state index in [4.69, 9.17) is 4.74 Å². The van der Waals surface area contributed by atoms with Crippen molar-refractivity contribution in [1.82, 2.24) is 9.55 Å². The highest BCUT2D eigenvalue weighted by molar-refractivity contribution is 5.22. The van der Waals surface area contributed by atoms with E-state index in [1.165, 1.54) is 12.1 Å². The van der Waals surface area contributed by atoms with Gasteiger partial charge in [0.15, 0.2) is 0 Å². The summed E-state index contributed by atoms with van der Waals surface area (Å²) in [5, 5.41) is 0. The van der Waals surface area contributed by atoms with Gasteiger partial charge in [0.05, 0.1) is 11.9 Å². The van der Waals surface area contributed by atoms with E-state index in [2.05, 4.69) is 4.98 Å². The monoisotopic (exact) mass is 220 g/mol. The lowest BCUT2D eigenvalue weighted by Gasteiger charge is -2.07. The summed E-state index contributed by atoms with van der Waals surface area (Å²) >= 11 is 0. The maximum Gasteiger partial charge on any atom is 0.130 e. The van der Waals surface area contributed by atoms with Crippen LogP contribution in [0.2, 0.25) is 0 Å². The Hall–Kier alpha value is -1.84. The van der Waals surface area contributed by atoms with Crippen molar-refractivity contribution < 1.29 is 9.13 Å². The molecule has 0 aliphatic heterocycles. The third-order valence-corrected chi connectivity index (χ3v) is 2.50. The van der Waals surface area contributed by atoms with Crippen LogP contribution in [0.3, 0.4) is 0 Å². The van der Waals surface area contributed by atoms with Crippen LogP contribution < -0.4 is 4.74 Å². The predicted molar refractivity (Wildman–Crippen MR) is 58.7 cm³/mol. The lowest BCUT2D eigenvalue weighted by atomic mass is 10.3. The lowest BCUT2D eigenvalue weighted by Crippen LogP contribution is -2.03. The molecule has 2 aromatic rings. The summed E-state index contributed by atoms with van der Waals surface area (Å²) in [6.45, 7) is 2.31. The molecule has 0 atom stereocenters. The quantitative estimate of drug-likeness (QED) is 0.794. The highest BCUT2D eigenvalue weighted by atomic mass is 19.1. The number of ether oxygens (including phenoxy) is 1. The number of hydrogen-bond donors (Lipinski definition) is 0. The van der Waals surface area contributed by atoms with Crippen LogP contribution in [0.1, 0.15) is 11.5 Å². The van der Waals surface area contributed by atoms with E-state index in [1.807, 2.05) is 18.5 Å². The molecule has 0 aliphatic carbocycles. The zero-order chi connectivity index (χ0) is 11.5. The molecule has 0 N–H and O–H groups in total. The van der Waals surface area contributed by atoms with Crippen molar-refractivity contribution in [2.45, 2.75) is 13.5 Å². The highest BCUT2D eigenvalue weighted by Crippen LogP contribution is 2.14. The van der Waals surface area contributed by atoms with Crippen LogP contribution in [-0.2, 0) is 13.7 Å². The molecule has 2 rings (SSSR count). The summed E-state index contributed by atoms with van der Waals surface area (Å²) in [7, 11) is 1.92. The molecule has 0 aliphatic rings. The largest absolute Gasteiger partial charge is 0.487 e. The van der Waals surface area contributed by atoms with Crippen molar-refractivity contribution in [2.75, 3.05) is 0 Å². The van der Waals surface area contributed by atoms with Gasteiger partial charge in [0.2, 0.25) is 0 Å². The first kappa shape index (κ1) is 10.7.